The van der Waals surface area contributed by atoms with E-state index in [2.05, 4.69) is 10.1 Å². The molecule has 1 atom stereocenters. The third-order valence-corrected chi connectivity index (χ3v) is 3.74. The predicted octanol–water partition coefficient (Wildman–Crippen LogP) is 3.47. The first-order valence-electron chi connectivity index (χ1n) is 7.96. The van der Waals surface area contributed by atoms with E-state index in [0.717, 1.165) is 17.2 Å². The number of alkyl halides is 2. The molecule has 8 heteroatoms. The number of ether oxygens (including phenoxy) is 2. The van der Waals surface area contributed by atoms with Crippen molar-refractivity contribution in [1.82, 2.24) is 5.32 Å². The molecule has 2 rings (SSSR count). The van der Waals surface area contributed by atoms with Crippen molar-refractivity contribution in [2.24, 2.45) is 0 Å². The zero-order valence-corrected chi connectivity index (χ0v) is 15.0. The number of rotatable bonds is 7. The van der Waals surface area contributed by atoms with Gasteiger partial charge in [0.25, 0.3) is 5.91 Å². The van der Waals surface area contributed by atoms with Gasteiger partial charge in [0.1, 0.15) is 0 Å². The molecule has 27 heavy (non-hydrogen) atoms. The van der Waals surface area contributed by atoms with Crippen molar-refractivity contribution in [1.29, 1.82) is 0 Å². The Balaban J connectivity index is 2.31. The van der Waals surface area contributed by atoms with E-state index < -0.39 is 24.5 Å². The summed E-state index contributed by atoms with van der Waals surface area (Å²) in [5.74, 6) is -2.29. The molecule has 0 fully saturated rings. The number of halogens is 2. The molecule has 0 aliphatic heterocycles. The predicted molar refractivity (Wildman–Crippen MR) is 93.4 cm³/mol. The van der Waals surface area contributed by atoms with Crippen LogP contribution in [-0.2, 0) is 4.79 Å². The third kappa shape index (κ3) is 5.16. The van der Waals surface area contributed by atoms with E-state index in [-0.39, 0.29) is 17.1 Å². The fraction of sp³-hybridized carbons (Fsp3) is 0.263. The van der Waals surface area contributed by atoms with Gasteiger partial charge in [-0.1, -0.05) is 29.3 Å². The molecule has 0 spiro atoms. The number of nitrogens with one attached hydrogen (secondary N) is 1. The second kappa shape index (κ2) is 8.48. The van der Waals surface area contributed by atoms with Gasteiger partial charge in [0.05, 0.1) is 7.11 Å². The average Bonchev–Trinajstić information content (AvgIpc) is 2.57. The van der Waals surface area contributed by atoms with Crippen molar-refractivity contribution in [3.05, 3.63) is 58.7 Å². The van der Waals surface area contributed by atoms with Crippen molar-refractivity contribution >= 4 is 11.9 Å². The summed E-state index contributed by atoms with van der Waals surface area (Å²) in [4.78, 5) is 24.1. The van der Waals surface area contributed by atoms with Gasteiger partial charge in [0, 0.05) is 5.56 Å². The van der Waals surface area contributed by atoms with Crippen LogP contribution in [0.2, 0.25) is 0 Å². The number of carbonyl (C=O) groups excluding carboxylic acids is 1. The molecule has 0 saturated carbocycles. The van der Waals surface area contributed by atoms with E-state index >= 15 is 0 Å². The number of benzene rings is 2. The average molecular weight is 379 g/mol. The van der Waals surface area contributed by atoms with Gasteiger partial charge in [-0.05, 0) is 37.6 Å². The zero-order chi connectivity index (χ0) is 20.1. The quantitative estimate of drug-likeness (QED) is 0.770. The number of hydrogen-bond acceptors (Lipinski definition) is 4. The van der Waals surface area contributed by atoms with E-state index in [4.69, 9.17) is 4.74 Å². The lowest BCUT2D eigenvalue weighted by Crippen LogP contribution is -2.33. The SMILES string of the molecule is COc1ccc(C(=O)NC(C(=O)O)c2cc(C)cc(C)c2)cc1OC(F)F. The summed E-state index contributed by atoms with van der Waals surface area (Å²) in [6, 6.07) is 7.59. The summed E-state index contributed by atoms with van der Waals surface area (Å²) in [6.45, 7) is 0.530. The number of aryl methyl sites for hydroxylation is 2. The fourth-order valence-electron chi connectivity index (χ4n) is 2.68. The van der Waals surface area contributed by atoms with E-state index in [1.807, 2.05) is 19.9 Å². The molecular formula is C19H19F2NO5. The molecule has 0 heterocycles. The lowest BCUT2D eigenvalue weighted by Gasteiger charge is -2.17. The number of carboxylic acids is 1. The molecule has 0 aliphatic rings. The van der Waals surface area contributed by atoms with Crippen LogP contribution in [0, 0.1) is 13.8 Å². The number of amides is 1. The van der Waals surface area contributed by atoms with Crippen molar-refractivity contribution in [2.45, 2.75) is 26.5 Å². The van der Waals surface area contributed by atoms with Crippen molar-refractivity contribution in [3.63, 3.8) is 0 Å². The number of aliphatic carboxylic acids is 1. The highest BCUT2D eigenvalue weighted by atomic mass is 19.3. The Labute approximate surface area is 154 Å². The Morgan fingerprint density at radius 3 is 2.19 bits per heavy atom. The van der Waals surface area contributed by atoms with Crippen LogP contribution in [0.4, 0.5) is 8.78 Å². The standard InChI is InChI=1S/C19H19F2NO5/c1-10-6-11(2)8-13(7-10)16(18(24)25)22-17(23)12-4-5-14(26-3)15(9-12)27-19(20)21/h4-9,16,19H,1-3H3,(H,22,23)(H,24,25). The Kier molecular flexibility index (Phi) is 6.33. The van der Waals surface area contributed by atoms with Gasteiger partial charge in [-0.25, -0.2) is 4.79 Å². The van der Waals surface area contributed by atoms with E-state index in [1.165, 1.54) is 19.2 Å². The Morgan fingerprint density at radius 1 is 1.04 bits per heavy atom. The van der Waals surface area contributed by atoms with E-state index in [0.29, 0.717) is 5.56 Å². The summed E-state index contributed by atoms with van der Waals surface area (Å²) in [5, 5.41) is 11.9. The second-order valence-electron chi connectivity index (χ2n) is 5.91. The first kappa shape index (κ1) is 20.2. The van der Waals surface area contributed by atoms with Crippen molar-refractivity contribution in [2.75, 3.05) is 7.11 Å². The minimum absolute atomic E-state index is 0.0240. The van der Waals surface area contributed by atoms with Gasteiger partial charge in [-0.3, -0.25) is 4.79 Å². The smallest absolute Gasteiger partial charge is 0.387 e. The molecule has 2 aromatic carbocycles. The molecule has 0 saturated heterocycles. The van der Waals surface area contributed by atoms with Crippen LogP contribution >= 0.6 is 0 Å². The topological polar surface area (TPSA) is 84.9 Å². The second-order valence-corrected chi connectivity index (χ2v) is 5.91. The van der Waals surface area contributed by atoms with Crippen LogP contribution in [0.5, 0.6) is 11.5 Å². The highest BCUT2D eigenvalue weighted by Crippen LogP contribution is 2.30. The molecule has 6 nitrogen and oxygen atoms in total. The van der Waals surface area contributed by atoms with Gasteiger partial charge in [-0.2, -0.15) is 8.78 Å². The molecule has 144 valence electrons. The van der Waals surface area contributed by atoms with Crippen molar-refractivity contribution in [3.8, 4) is 11.5 Å². The maximum Gasteiger partial charge on any atom is 0.387 e. The van der Waals surface area contributed by atoms with Gasteiger partial charge >= 0.3 is 12.6 Å². The first-order valence-corrected chi connectivity index (χ1v) is 7.96. The normalized spacial score (nSPS) is 11.8. The lowest BCUT2D eigenvalue weighted by molar-refractivity contribution is -0.139. The fourth-order valence-corrected chi connectivity index (χ4v) is 2.68. The molecule has 0 aliphatic carbocycles. The Bertz CT molecular complexity index is 834. The summed E-state index contributed by atoms with van der Waals surface area (Å²) >= 11 is 0. The van der Waals surface area contributed by atoms with Gasteiger partial charge in [0.15, 0.2) is 17.5 Å². The highest BCUT2D eigenvalue weighted by molar-refractivity contribution is 5.97. The number of hydrogen-bond donors (Lipinski definition) is 2. The van der Waals surface area contributed by atoms with Crippen LogP contribution in [0.15, 0.2) is 36.4 Å². The van der Waals surface area contributed by atoms with Crippen LogP contribution < -0.4 is 14.8 Å². The summed E-state index contributed by atoms with van der Waals surface area (Å²) < 4.78 is 34.3. The highest BCUT2D eigenvalue weighted by Gasteiger charge is 2.24. The van der Waals surface area contributed by atoms with Gasteiger partial charge in [0.2, 0.25) is 0 Å². The minimum Gasteiger partial charge on any atom is -0.493 e. The van der Waals surface area contributed by atoms with Gasteiger partial charge in [-0.15, -0.1) is 0 Å². The third-order valence-electron chi connectivity index (χ3n) is 3.74. The molecule has 0 bridgehead atoms. The molecule has 2 N–H and O–H groups in total. The Morgan fingerprint density at radius 2 is 1.67 bits per heavy atom. The molecule has 1 amide bonds. The molecular weight excluding hydrogens is 360 g/mol. The number of methoxy groups -OCH3 is 1. The van der Waals surface area contributed by atoms with Crippen LogP contribution in [0.25, 0.3) is 0 Å². The van der Waals surface area contributed by atoms with Crippen LogP contribution in [0.3, 0.4) is 0 Å². The van der Waals surface area contributed by atoms with E-state index in [1.54, 1.807) is 12.1 Å². The van der Waals surface area contributed by atoms with E-state index in [9.17, 15) is 23.5 Å². The van der Waals surface area contributed by atoms with Crippen molar-refractivity contribution < 1.29 is 33.0 Å². The minimum atomic E-state index is -3.10. The molecule has 1 unspecified atom stereocenters. The largest absolute Gasteiger partial charge is 0.493 e. The molecule has 0 radical (unpaired) electrons. The summed E-state index contributed by atoms with van der Waals surface area (Å²) in [7, 11) is 1.27. The maximum atomic E-state index is 12.5. The summed E-state index contributed by atoms with van der Waals surface area (Å²) in [5.41, 5.74) is 2.07. The summed E-state index contributed by atoms with van der Waals surface area (Å²) in [6.07, 6.45) is 0. The molecule has 0 aromatic heterocycles. The van der Waals surface area contributed by atoms with Gasteiger partial charge < -0.3 is 19.9 Å². The first-order chi connectivity index (χ1) is 12.7. The number of carbonyl (C=O) groups is 2. The lowest BCUT2D eigenvalue weighted by atomic mass is 10.0. The zero-order valence-electron chi connectivity index (χ0n) is 15.0. The Hall–Kier alpha value is -3.16. The number of carboxylic acid groups (broad SMARTS) is 1. The van der Waals surface area contributed by atoms with Crippen LogP contribution in [-0.4, -0.2) is 30.7 Å². The van der Waals surface area contributed by atoms with Crippen LogP contribution in [0.1, 0.15) is 33.1 Å². The monoisotopic (exact) mass is 379 g/mol. The maximum absolute atomic E-state index is 12.5. The molecule has 2 aromatic rings.